The van der Waals surface area contributed by atoms with Crippen LogP contribution in [0.5, 0.6) is 11.5 Å². The molecule has 1 amide bonds. The predicted molar refractivity (Wildman–Crippen MR) is 118 cm³/mol. The van der Waals surface area contributed by atoms with Gasteiger partial charge in [-0.05, 0) is 60.2 Å². The van der Waals surface area contributed by atoms with E-state index in [4.69, 9.17) is 26.9 Å². The van der Waals surface area contributed by atoms with Crippen molar-refractivity contribution in [2.24, 2.45) is 0 Å². The lowest BCUT2D eigenvalue weighted by Crippen LogP contribution is -2.14. The van der Waals surface area contributed by atoms with E-state index >= 15 is 0 Å². The highest BCUT2D eigenvalue weighted by molar-refractivity contribution is 6.32. The fraction of sp³-hybridized carbons (Fsp3) is 0.0833. The molecule has 0 spiro atoms. The number of methoxy groups -OCH3 is 1. The lowest BCUT2D eigenvalue weighted by Gasteiger charge is -2.11. The molecule has 0 aliphatic carbocycles. The molecule has 0 fully saturated rings. The summed E-state index contributed by atoms with van der Waals surface area (Å²) in [5.41, 5.74) is 2.12. The molecule has 0 bridgehead atoms. The Kier molecular flexibility index (Phi) is 7.07. The van der Waals surface area contributed by atoms with Gasteiger partial charge in [0.2, 0.25) is 5.91 Å². The Bertz CT molecular complexity index is 1230. The van der Waals surface area contributed by atoms with Gasteiger partial charge in [0, 0.05) is 5.69 Å². The number of halogens is 1. The Morgan fingerprint density at radius 1 is 0.969 bits per heavy atom. The fourth-order valence-electron chi connectivity index (χ4n) is 2.85. The lowest BCUT2D eigenvalue weighted by atomic mass is 10.1. The lowest BCUT2D eigenvalue weighted by molar-refractivity contribution is -0.115. The van der Waals surface area contributed by atoms with Crippen molar-refractivity contribution in [3.8, 4) is 23.6 Å². The summed E-state index contributed by atoms with van der Waals surface area (Å²) < 4.78 is 10.4. The number of nitrogens with one attached hydrogen (secondary N) is 1. The van der Waals surface area contributed by atoms with Crippen molar-refractivity contribution in [1.82, 2.24) is 0 Å². The van der Waals surface area contributed by atoms with Gasteiger partial charge in [-0.15, -0.1) is 0 Å². The van der Waals surface area contributed by atoms with E-state index < -0.39 is 5.97 Å². The topological polar surface area (TPSA) is 112 Å². The molecule has 0 unspecified atom stereocenters. The van der Waals surface area contributed by atoms with Crippen LogP contribution in [0.2, 0.25) is 5.02 Å². The van der Waals surface area contributed by atoms with Crippen molar-refractivity contribution < 1.29 is 19.1 Å². The van der Waals surface area contributed by atoms with Crippen LogP contribution in [0.25, 0.3) is 0 Å². The van der Waals surface area contributed by atoms with Gasteiger partial charge in [-0.3, -0.25) is 4.79 Å². The molecule has 0 aliphatic rings. The maximum absolute atomic E-state index is 12.4. The van der Waals surface area contributed by atoms with E-state index in [1.54, 1.807) is 42.5 Å². The molecule has 0 atom stereocenters. The van der Waals surface area contributed by atoms with Crippen LogP contribution in [0.4, 0.5) is 5.69 Å². The third-order valence-electron chi connectivity index (χ3n) is 4.34. The second-order valence-corrected chi connectivity index (χ2v) is 7.04. The van der Waals surface area contributed by atoms with Crippen LogP contribution in [-0.2, 0) is 16.0 Å². The van der Waals surface area contributed by atoms with E-state index in [0.717, 1.165) is 0 Å². The highest BCUT2D eigenvalue weighted by atomic mass is 35.5. The normalized spacial score (nSPS) is 9.88. The minimum Gasteiger partial charge on any atom is -0.465 e. The quantitative estimate of drug-likeness (QED) is 0.543. The molecule has 3 aromatic rings. The molecule has 0 aliphatic heterocycles. The summed E-state index contributed by atoms with van der Waals surface area (Å²) in [4.78, 5) is 23.9. The highest BCUT2D eigenvalue weighted by Crippen LogP contribution is 2.31. The maximum Gasteiger partial charge on any atom is 0.337 e. The zero-order chi connectivity index (χ0) is 23.1. The summed E-state index contributed by atoms with van der Waals surface area (Å²) in [5.74, 6) is -0.158. The van der Waals surface area contributed by atoms with E-state index in [1.807, 2.05) is 12.1 Å². The number of esters is 1. The number of nitrogens with zero attached hydrogens (tertiary/aromatic N) is 2. The number of hydrogen-bond acceptors (Lipinski definition) is 6. The molecular formula is C24H16ClN3O4. The monoisotopic (exact) mass is 445 g/mol. The third kappa shape index (κ3) is 5.63. The summed E-state index contributed by atoms with van der Waals surface area (Å²) in [6.07, 6.45) is 0.0496. The van der Waals surface area contributed by atoms with Crippen molar-refractivity contribution in [2.45, 2.75) is 6.42 Å². The zero-order valence-corrected chi connectivity index (χ0v) is 17.6. The number of ether oxygens (including phenoxy) is 2. The van der Waals surface area contributed by atoms with E-state index in [1.165, 1.54) is 25.3 Å². The summed E-state index contributed by atoms with van der Waals surface area (Å²) in [7, 11) is 1.30. The molecule has 8 heteroatoms. The molecule has 0 radical (unpaired) electrons. The van der Waals surface area contributed by atoms with E-state index in [2.05, 4.69) is 10.1 Å². The fourth-order valence-corrected chi connectivity index (χ4v) is 3.00. The molecule has 158 valence electrons. The molecule has 0 saturated carbocycles. The summed E-state index contributed by atoms with van der Waals surface area (Å²) >= 11 is 6.22. The van der Waals surface area contributed by atoms with Crippen LogP contribution in [0, 0.1) is 22.7 Å². The van der Waals surface area contributed by atoms with Gasteiger partial charge in [0.25, 0.3) is 0 Å². The van der Waals surface area contributed by atoms with E-state index in [9.17, 15) is 9.59 Å². The summed E-state index contributed by atoms with van der Waals surface area (Å²) in [5, 5.41) is 21.3. The maximum atomic E-state index is 12.4. The van der Waals surface area contributed by atoms with Gasteiger partial charge in [0.1, 0.15) is 11.5 Å². The Balaban J connectivity index is 1.72. The first-order valence-electron chi connectivity index (χ1n) is 9.31. The first-order valence-corrected chi connectivity index (χ1v) is 9.69. The Hall–Kier alpha value is -4.33. The second-order valence-electron chi connectivity index (χ2n) is 6.63. The van der Waals surface area contributed by atoms with Crippen molar-refractivity contribution in [1.29, 1.82) is 10.5 Å². The summed E-state index contributed by atoms with van der Waals surface area (Å²) in [6, 6.07) is 19.6. The van der Waals surface area contributed by atoms with E-state index in [-0.39, 0.29) is 29.2 Å². The minimum atomic E-state index is -0.459. The molecule has 0 saturated heterocycles. The standard InChI is InChI=1S/C24H16ClN3O4/c1-31-24(30)18-3-5-19(6-4-18)28-23(29)12-15-2-7-21(25)22(11-15)32-20-9-16(13-26)8-17(10-20)14-27/h2-11H,12H2,1H3,(H,28,29). The van der Waals surface area contributed by atoms with Crippen LogP contribution in [0.1, 0.15) is 27.0 Å². The number of carbonyl (C=O) groups excluding carboxylic acids is 2. The van der Waals surface area contributed by atoms with Crippen molar-refractivity contribution >= 4 is 29.2 Å². The van der Waals surface area contributed by atoms with Crippen molar-refractivity contribution in [3.05, 3.63) is 87.9 Å². The van der Waals surface area contributed by atoms with Gasteiger partial charge < -0.3 is 14.8 Å². The number of hydrogen-bond donors (Lipinski definition) is 1. The van der Waals surface area contributed by atoms with Gasteiger partial charge in [-0.1, -0.05) is 17.7 Å². The van der Waals surface area contributed by atoms with Gasteiger partial charge in [-0.25, -0.2) is 4.79 Å². The first kappa shape index (κ1) is 22.4. The average molecular weight is 446 g/mol. The Labute approximate surface area is 189 Å². The SMILES string of the molecule is COC(=O)c1ccc(NC(=O)Cc2ccc(Cl)c(Oc3cc(C#N)cc(C#N)c3)c2)cc1. The highest BCUT2D eigenvalue weighted by Gasteiger charge is 2.11. The number of carbonyl (C=O) groups is 2. The van der Waals surface area contributed by atoms with Crippen molar-refractivity contribution in [3.63, 3.8) is 0 Å². The Morgan fingerprint density at radius 3 is 2.22 bits per heavy atom. The molecule has 7 nitrogen and oxygen atoms in total. The van der Waals surface area contributed by atoms with Gasteiger partial charge >= 0.3 is 5.97 Å². The Morgan fingerprint density at radius 2 is 1.62 bits per heavy atom. The molecule has 3 rings (SSSR count). The summed E-state index contributed by atoms with van der Waals surface area (Å²) in [6.45, 7) is 0. The molecular weight excluding hydrogens is 430 g/mol. The van der Waals surface area contributed by atoms with Crippen LogP contribution in [0.15, 0.2) is 60.7 Å². The second kappa shape index (κ2) is 10.1. The minimum absolute atomic E-state index is 0.0496. The molecule has 0 aromatic heterocycles. The van der Waals surface area contributed by atoms with Crippen molar-refractivity contribution in [2.75, 3.05) is 12.4 Å². The first-order chi connectivity index (χ1) is 15.4. The molecule has 3 aromatic carbocycles. The molecule has 0 heterocycles. The smallest absolute Gasteiger partial charge is 0.337 e. The number of anilines is 1. The van der Waals surface area contributed by atoms with Crippen LogP contribution in [-0.4, -0.2) is 19.0 Å². The predicted octanol–water partition coefficient (Wildman–Crippen LogP) is 4.84. The van der Waals surface area contributed by atoms with Gasteiger partial charge in [0.05, 0.1) is 47.4 Å². The van der Waals surface area contributed by atoms with Gasteiger partial charge in [-0.2, -0.15) is 10.5 Å². The number of benzene rings is 3. The molecule has 1 N–H and O–H groups in total. The largest absolute Gasteiger partial charge is 0.465 e. The van der Waals surface area contributed by atoms with Crippen LogP contribution < -0.4 is 10.1 Å². The van der Waals surface area contributed by atoms with Crippen LogP contribution in [0.3, 0.4) is 0 Å². The number of amides is 1. The van der Waals surface area contributed by atoms with E-state index in [0.29, 0.717) is 27.6 Å². The number of nitriles is 2. The molecule has 32 heavy (non-hydrogen) atoms. The third-order valence-corrected chi connectivity index (χ3v) is 4.65. The van der Waals surface area contributed by atoms with Crippen LogP contribution >= 0.6 is 11.6 Å². The average Bonchev–Trinajstić information content (AvgIpc) is 2.80. The number of rotatable bonds is 6. The van der Waals surface area contributed by atoms with Gasteiger partial charge in [0.15, 0.2) is 0 Å². The zero-order valence-electron chi connectivity index (χ0n) is 16.9.